The summed E-state index contributed by atoms with van der Waals surface area (Å²) in [4.78, 5) is 34.6. The van der Waals surface area contributed by atoms with Crippen molar-refractivity contribution in [3.63, 3.8) is 0 Å². The fourth-order valence-electron chi connectivity index (χ4n) is 6.31. The van der Waals surface area contributed by atoms with Crippen LogP contribution in [0.3, 0.4) is 0 Å². The van der Waals surface area contributed by atoms with E-state index in [1.54, 1.807) is 10.6 Å². The highest BCUT2D eigenvalue weighted by Gasteiger charge is 2.50. The first-order valence-electron chi connectivity index (χ1n) is 12.2. The van der Waals surface area contributed by atoms with Crippen molar-refractivity contribution in [2.75, 3.05) is 12.3 Å². The second kappa shape index (κ2) is 8.93. The number of thiophene rings is 1. The molecule has 1 aliphatic heterocycles. The minimum atomic E-state index is -0.0760. The van der Waals surface area contributed by atoms with E-state index < -0.39 is 0 Å². The quantitative estimate of drug-likeness (QED) is 0.228. The van der Waals surface area contributed by atoms with Gasteiger partial charge < -0.3 is 4.90 Å². The van der Waals surface area contributed by atoms with Gasteiger partial charge in [0.05, 0.1) is 11.1 Å². The fraction of sp³-hybridized carbons (Fsp3) is 0.464. The average molecular weight is 508 g/mol. The van der Waals surface area contributed by atoms with Crippen molar-refractivity contribution in [1.29, 1.82) is 0 Å². The minimum absolute atomic E-state index is 0.0760. The van der Waals surface area contributed by atoms with Gasteiger partial charge in [-0.1, -0.05) is 68.4 Å². The topological polar surface area (TPSA) is 55.2 Å². The highest BCUT2D eigenvalue weighted by Crippen LogP contribution is 2.52. The highest BCUT2D eigenvalue weighted by atomic mass is 32.2. The first kappa shape index (κ1) is 24.3. The molecule has 5 nitrogen and oxygen atoms in total. The van der Waals surface area contributed by atoms with Crippen molar-refractivity contribution in [3.8, 4) is 11.1 Å². The number of benzene rings is 1. The van der Waals surface area contributed by atoms with E-state index in [0.717, 1.165) is 36.9 Å². The lowest BCUT2D eigenvalue weighted by Crippen LogP contribution is -2.38. The maximum Gasteiger partial charge on any atom is 0.263 e. The third-order valence-electron chi connectivity index (χ3n) is 7.39. The van der Waals surface area contributed by atoms with Gasteiger partial charge in [0, 0.05) is 30.1 Å². The molecule has 0 N–H and O–H groups in total. The van der Waals surface area contributed by atoms with Gasteiger partial charge in [-0.25, -0.2) is 4.98 Å². The number of carbonyl (C=O) groups excluding carboxylic acids is 1. The van der Waals surface area contributed by atoms with Gasteiger partial charge in [0.2, 0.25) is 5.91 Å². The summed E-state index contributed by atoms with van der Waals surface area (Å²) in [6, 6.07) is 8.52. The van der Waals surface area contributed by atoms with Crippen molar-refractivity contribution in [2.24, 2.45) is 10.8 Å². The number of allylic oxidation sites excluding steroid dienone is 1. The number of fused-ring (bicyclic) bond motifs is 3. The molecule has 1 saturated carbocycles. The van der Waals surface area contributed by atoms with Gasteiger partial charge in [-0.15, -0.1) is 17.9 Å². The average Bonchev–Trinajstić information content (AvgIpc) is 3.32. The van der Waals surface area contributed by atoms with Gasteiger partial charge in [0.15, 0.2) is 5.16 Å². The highest BCUT2D eigenvalue weighted by molar-refractivity contribution is 7.99. The predicted octanol–water partition coefficient (Wildman–Crippen LogP) is 6.14. The van der Waals surface area contributed by atoms with E-state index in [2.05, 4.69) is 51.3 Å². The standard InChI is InChI=1S/C28H33N3O2S2/c1-6-11-30-25(33)23-21(19-9-7-18(2)8-10-19)14-34-24(23)29-26(30)35-15-22(32)31-17-28(5)13-20(31)12-27(3,4)16-28/h6-10,14,20H,1,11-13,15-17H2,2-5H3/t20-,28+/m1/s1. The van der Waals surface area contributed by atoms with Crippen molar-refractivity contribution in [2.45, 2.75) is 64.7 Å². The zero-order chi connectivity index (χ0) is 25.0. The van der Waals surface area contributed by atoms with Crippen LogP contribution >= 0.6 is 23.1 Å². The normalized spacial score (nSPS) is 23.1. The molecule has 3 aromatic rings. The molecular weight excluding hydrogens is 474 g/mol. The summed E-state index contributed by atoms with van der Waals surface area (Å²) in [7, 11) is 0. The molecule has 2 aliphatic rings. The summed E-state index contributed by atoms with van der Waals surface area (Å²) in [6.07, 6.45) is 5.02. The maximum absolute atomic E-state index is 13.6. The van der Waals surface area contributed by atoms with Crippen molar-refractivity contribution >= 4 is 39.2 Å². The number of aryl methyl sites for hydroxylation is 1. The summed E-state index contributed by atoms with van der Waals surface area (Å²) in [5.74, 6) is 0.436. The van der Waals surface area contributed by atoms with Crippen molar-refractivity contribution < 1.29 is 4.79 Å². The molecular formula is C28H33N3O2S2. The Balaban J connectivity index is 1.42. The van der Waals surface area contributed by atoms with Crippen LogP contribution in [0.25, 0.3) is 21.3 Å². The van der Waals surface area contributed by atoms with Crippen LogP contribution in [0, 0.1) is 17.8 Å². The molecule has 0 spiro atoms. The maximum atomic E-state index is 13.6. The van der Waals surface area contributed by atoms with Crippen molar-refractivity contribution in [3.05, 3.63) is 58.2 Å². The van der Waals surface area contributed by atoms with E-state index in [1.165, 1.54) is 28.7 Å². The van der Waals surface area contributed by atoms with Gasteiger partial charge in [-0.2, -0.15) is 0 Å². The smallest absolute Gasteiger partial charge is 0.263 e. The lowest BCUT2D eigenvalue weighted by molar-refractivity contribution is -0.129. The molecule has 2 atom stereocenters. The Hall–Kier alpha value is -2.38. The molecule has 2 aromatic heterocycles. The van der Waals surface area contributed by atoms with Crippen LogP contribution in [0.5, 0.6) is 0 Å². The molecule has 1 saturated heterocycles. The van der Waals surface area contributed by atoms with Gasteiger partial charge in [0.1, 0.15) is 4.83 Å². The number of amides is 1. The van der Waals surface area contributed by atoms with Crippen molar-refractivity contribution in [1.82, 2.24) is 14.5 Å². The zero-order valence-corrected chi connectivity index (χ0v) is 22.6. The fourth-order valence-corrected chi connectivity index (χ4v) is 8.20. The number of rotatable bonds is 6. The lowest BCUT2D eigenvalue weighted by Gasteiger charge is -2.39. The number of hydrogen-bond acceptors (Lipinski definition) is 5. The Bertz CT molecular complexity index is 1360. The SMILES string of the molecule is C=CCn1c(SCC(=O)N2C[C@@]3(C)C[C@H]2CC(C)(C)C3)nc2scc(-c3ccc(C)cc3)c2c1=O. The Morgan fingerprint density at radius 3 is 2.71 bits per heavy atom. The monoisotopic (exact) mass is 507 g/mol. The molecule has 1 amide bonds. The minimum Gasteiger partial charge on any atom is -0.338 e. The third kappa shape index (κ3) is 4.60. The number of hydrogen-bond donors (Lipinski definition) is 0. The largest absolute Gasteiger partial charge is 0.338 e. The zero-order valence-electron chi connectivity index (χ0n) is 21.0. The molecule has 1 aromatic carbocycles. The Morgan fingerprint density at radius 1 is 1.26 bits per heavy atom. The predicted molar refractivity (Wildman–Crippen MR) is 146 cm³/mol. The van der Waals surface area contributed by atoms with Gasteiger partial charge in [-0.05, 0) is 42.6 Å². The third-order valence-corrected chi connectivity index (χ3v) is 9.23. The van der Waals surface area contributed by atoms with Gasteiger partial charge >= 0.3 is 0 Å². The van der Waals surface area contributed by atoms with E-state index in [4.69, 9.17) is 4.98 Å². The number of thioether (sulfide) groups is 1. The second-order valence-corrected chi connectivity index (χ2v) is 13.1. The Kier molecular flexibility index (Phi) is 6.20. The first-order valence-corrected chi connectivity index (χ1v) is 14.1. The van der Waals surface area contributed by atoms with Crippen LogP contribution in [0.2, 0.25) is 0 Å². The lowest BCUT2D eigenvalue weighted by atomic mass is 9.65. The van der Waals surface area contributed by atoms with E-state index in [1.807, 2.05) is 17.5 Å². The summed E-state index contributed by atoms with van der Waals surface area (Å²) >= 11 is 2.85. The molecule has 2 fully saturated rings. The molecule has 3 heterocycles. The summed E-state index contributed by atoms with van der Waals surface area (Å²) in [6.45, 7) is 14.0. The van der Waals surface area contributed by atoms with Gasteiger partial charge in [0.25, 0.3) is 5.56 Å². The van der Waals surface area contributed by atoms with E-state index in [9.17, 15) is 9.59 Å². The molecule has 2 bridgehead atoms. The van der Waals surface area contributed by atoms with E-state index in [-0.39, 0.29) is 28.0 Å². The van der Waals surface area contributed by atoms with Crippen LogP contribution in [0.4, 0.5) is 0 Å². The molecule has 0 radical (unpaired) electrons. The van der Waals surface area contributed by atoms with Crippen LogP contribution in [-0.4, -0.2) is 38.7 Å². The Morgan fingerprint density at radius 2 is 2.00 bits per heavy atom. The molecule has 35 heavy (non-hydrogen) atoms. The first-order chi connectivity index (χ1) is 16.6. The van der Waals surface area contributed by atoms with Crippen LogP contribution in [0.1, 0.15) is 45.6 Å². The molecule has 0 unspecified atom stereocenters. The van der Waals surface area contributed by atoms with Crippen LogP contribution < -0.4 is 5.56 Å². The number of nitrogens with zero attached hydrogens (tertiary/aromatic N) is 3. The van der Waals surface area contributed by atoms with Crippen LogP contribution in [-0.2, 0) is 11.3 Å². The number of likely N-dealkylation sites (tertiary alicyclic amines) is 1. The second-order valence-electron chi connectivity index (χ2n) is 11.3. The summed E-state index contributed by atoms with van der Waals surface area (Å²) in [5, 5.41) is 3.23. The Labute approximate surface area is 215 Å². The van der Waals surface area contributed by atoms with E-state index in [0.29, 0.717) is 28.0 Å². The number of aromatic nitrogens is 2. The molecule has 5 rings (SSSR count). The molecule has 1 aliphatic carbocycles. The van der Waals surface area contributed by atoms with Gasteiger partial charge in [-0.3, -0.25) is 14.2 Å². The summed E-state index contributed by atoms with van der Waals surface area (Å²) in [5.41, 5.74) is 3.50. The van der Waals surface area contributed by atoms with E-state index >= 15 is 0 Å². The number of carbonyl (C=O) groups is 1. The molecule has 7 heteroatoms. The molecule has 184 valence electrons. The van der Waals surface area contributed by atoms with Crippen LogP contribution in [0.15, 0.2) is 52.3 Å². The summed E-state index contributed by atoms with van der Waals surface area (Å²) < 4.78 is 1.66.